The molecule has 19 heavy (non-hydrogen) atoms. The first-order valence-corrected chi connectivity index (χ1v) is 6.47. The van der Waals surface area contributed by atoms with Gasteiger partial charge >= 0.3 is 0 Å². The summed E-state index contributed by atoms with van der Waals surface area (Å²) in [6.45, 7) is 7.56. The number of benzene rings is 1. The number of halogens is 1. The van der Waals surface area contributed by atoms with Crippen LogP contribution in [0.2, 0.25) is 0 Å². The van der Waals surface area contributed by atoms with Gasteiger partial charge in [0.2, 0.25) is 5.91 Å². The number of aliphatic hydroxyl groups excluding tert-OH is 1. The maximum absolute atomic E-state index is 12.9. The summed E-state index contributed by atoms with van der Waals surface area (Å²) >= 11 is 0. The molecule has 1 unspecified atom stereocenters. The quantitative estimate of drug-likeness (QED) is 0.859. The van der Waals surface area contributed by atoms with Gasteiger partial charge in [0, 0.05) is 6.54 Å². The molecule has 0 aliphatic carbocycles. The normalized spacial score (nSPS) is 13.4. The summed E-state index contributed by atoms with van der Waals surface area (Å²) in [6, 6.07) is 5.89. The van der Waals surface area contributed by atoms with Crippen molar-refractivity contribution >= 4 is 5.91 Å². The van der Waals surface area contributed by atoms with Crippen molar-refractivity contribution < 1.29 is 14.3 Å². The highest BCUT2D eigenvalue weighted by molar-refractivity contribution is 5.87. The molecule has 1 rings (SSSR count). The van der Waals surface area contributed by atoms with Crippen molar-refractivity contribution in [3.05, 3.63) is 35.6 Å². The lowest BCUT2D eigenvalue weighted by Gasteiger charge is -2.25. The smallest absolute Gasteiger partial charge is 0.230 e. The molecule has 0 aromatic heterocycles. The molecule has 0 saturated heterocycles. The van der Waals surface area contributed by atoms with Gasteiger partial charge < -0.3 is 10.4 Å². The first kappa shape index (κ1) is 15.6. The third-order valence-electron chi connectivity index (χ3n) is 3.37. The molecule has 1 atom stereocenters. The van der Waals surface area contributed by atoms with Gasteiger partial charge in [0.05, 0.1) is 11.5 Å². The van der Waals surface area contributed by atoms with Crippen molar-refractivity contribution in [2.24, 2.45) is 5.92 Å². The Labute approximate surface area is 113 Å². The molecular formula is C15H22FNO2. The highest BCUT2D eigenvalue weighted by Crippen LogP contribution is 2.23. The van der Waals surface area contributed by atoms with Crippen molar-refractivity contribution in [1.82, 2.24) is 5.32 Å². The summed E-state index contributed by atoms with van der Waals surface area (Å²) in [5.41, 5.74) is -0.0184. The Morgan fingerprint density at radius 3 is 2.32 bits per heavy atom. The SMILES string of the molecule is CC(C)C(O)CNC(=O)C(C)(C)c1ccc(F)cc1. The van der Waals surface area contributed by atoms with Gasteiger partial charge in [0.25, 0.3) is 0 Å². The van der Waals surface area contributed by atoms with E-state index in [1.54, 1.807) is 26.0 Å². The number of aliphatic hydroxyl groups is 1. The lowest BCUT2D eigenvalue weighted by atomic mass is 9.83. The highest BCUT2D eigenvalue weighted by atomic mass is 19.1. The predicted octanol–water partition coefficient (Wildman–Crippen LogP) is 2.24. The Hall–Kier alpha value is -1.42. The van der Waals surface area contributed by atoms with Gasteiger partial charge in [0.1, 0.15) is 5.82 Å². The average molecular weight is 267 g/mol. The van der Waals surface area contributed by atoms with Gasteiger partial charge in [-0.25, -0.2) is 4.39 Å². The third-order valence-corrected chi connectivity index (χ3v) is 3.37. The van der Waals surface area contributed by atoms with Gasteiger partial charge in [-0.15, -0.1) is 0 Å². The zero-order chi connectivity index (χ0) is 14.6. The lowest BCUT2D eigenvalue weighted by Crippen LogP contribution is -2.44. The second-order valence-electron chi connectivity index (χ2n) is 5.65. The molecule has 1 amide bonds. The highest BCUT2D eigenvalue weighted by Gasteiger charge is 2.30. The van der Waals surface area contributed by atoms with E-state index in [-0.39, 0.29) is 24.2 Å². The maximum Gasteiger partial charge on any atom is 0.230 e. The van der Waals surface area contributed by atoms with E-state index in [0.29, 0.717) is 0 Å². The Morgan fingerprint density at radius 2 is 1.84 bits per heavy atom. The molecule has 4 heteroatoms. The molecule has 0 aliphatic rings. The average Bonchev–Trinajstić information content (AvgIpc) is 2.35. The molecule has 0 fully saturated rings. The number of hydrogen-bond acceptors (Lipinski definition) is 2. The minimum atomic E-state index is -0.760. The Morgan fingerprint density at radius 1 is 1.32 bits per heavy atom. The second-order valence-corrected chi connectivity index (χ2v) is 5.65. The largest absolute Gasteiger partial charge is 0.391 e. The fourth-order valence-electron chi connectivity index (χ4n) is 1.65. The van der Waals surface area contributed by atoms with Crippen LogP contribution in [0.5, 0.6) is 0 Å². The van der Waals surface area contributed by atoms with Crippen LogP contribution in [0.25, 0.3) is 0 Å². The summed E-state index contributed by atoms with van der Waals surface area (Å²) in [5.74, 6) is -0.414. The molecule has 2 N–H and O–H groups in total. The van der Waals surface area contributed by atoms with Crippen molar-refractivity contribution in [3.63, 3.8) is 0 Å². The number of carbonyl (C=O) groups excluding carboxylic acids is 1. The van der Waals surface area contributed by atoms with Crippen LogP contribution in [-0.4, -0.2) is 23.7 Å². The van der Waals surface area contributed by atoms with Crippen molar-refractivity contribution in [1.29, 1.82) is 0 Å². The van der Waals surface area contributed by atoms with Gasteiger partial charge in [0.15, 0.2) is 0 Å². The summed E-state index contributed by atoms with van der Waals surface area (Å²) in [7, 11) is 0. The monoisotopic (exact) mass is 267 g/mol. The van der Waals surface area contributed by atoms with Crippen molar-refractivity contribution in [3.8, 4) is 0 Å². The molecule has 3 nitrogen and oxygen atoms in total. The summed E-state index contributed by atoms with van der Waals surface area (Å²) in [6.07, 6.45) is -0.562. The zero-order valence-electron chi connectivity index (χ0n) is 11.9. The number of hydrogen-bond donors (Lipinski definition) is 2. The fourth-order valence-corrected chi connectivity index (χ4v) is 1.65. The summed E-state index contributed by atoms with van der Waals surface area (Å²) < 4.78 is 12.9. The van der Waals surface area contributed by atoms with Crippen molar-refractivity contribution in [2.75, 3.05) is 6.54 Å². The molecule has 1 aromatic rings. The number of amides is 1. The Kier molecular flexibility index (Phi) is 5.06. The van der Waals surface area contributed by atoms with Crippen LogP contribution in [0.1, 0.15) is 33.3 Å². The number of rotatable bonds is 5. The standard InChI is InChI=1S/C15H22FNO2/c1-10(2)13(18)9-17-14(19)15(3,4)11-5-7-12(16)8-6-11/h5-8,10,13,18H,9H2,1-4H3,(H,17,19). The Balaban J connectivity index is 2.71. The summed E-state index contributed by atoms with van der Waals surface area (Å²) in [4.78, 5) is 12.2. The van der Waals surface area contributed by atoms with Crippen molar-refractivity contribution in [2.45, 2.75) is 39.2 Å². The van der Waals surface area contributed by atoms with Gasteiger partial charge in [-0.3, -0.25) is 4.79 Å². The molecule has 0 saturated carbocycles. The van der Waals surface area contributed by atoms with Gasteiger partial charge in [-0.05, 0) is 37.5 Å². The molecule has 0 bridgehead atoms. The van der Waals surface area contributed by atoms with Gasteiger partial charge in [-0.1, -0.05) is 26.0 Å². The van der Waals surface area contributed by atoms with E-state index in [0.717, 1.165) is 5.56 Å². The van der Waals surface area contributed by atoms with Crippen LogP contribution in [0.3, 0.4) is 0 Å². The van der Waals surface area contributed by atoms with Crippen LogP contribution >= 0.6 is 0 Å². The van der Waals surface area contributed by atoms with Gasteiger partial charge in [-0.2, -0.15) is 0 Å². The first-order chi connectivity index (χ1) is 8.75. The fraction of sp³-hybridized carbons (Fsp3) is 0.533. The van der Waals surface area contributed by atoms with Crippen LogP contribution in [0.4, 0.5) is 4.39 Å². The lowest BCUT2D eigenvalue weighted by molar-refractivity contribution is -0.126. The van der Waals surface area contributed by atoms with E-state index in [1.165, 1.54) is 12.1 Å². The molecule has 0 aliphatic heterocycles. The van der Waals surface area contributed by atoms with E-state index in [2.05, 4.69) is 5.32 Å². The molecular weight excluding hydrogens is 245 g/mol. The molecule has 0 heterocycles. The summed E-state index contributed by atoms with van der Waals surface area (Å²) in [5, 5.41) is 12.4. The first-order valence-electron chi connectivity index (χ1n) is 6.47. The molecule has 0 spiro atoms. The van der Waals surface area contributed by atoms with E-state index in [9.17, 15) is 14.3 Å². The predicted molar refractivity (Wildman–Crippen MR) is 73.3 cm³/mol. The maximum atomic E-state index is 12.9. The molecule has 0 radical (unpaired) electrons. The number of nitrogens with one attached hydrogen (secondary N) is 1. The minimum absolute atomic E-state index is 0.0919. The van der Waals surface area contributed by atoms with E-state index in [4.69, 9.17) is 0 Å². The Bertz CT molecular complexity index is 426. The number of carbonyl (C=O) groups is 1. The molecule has 106 valence electrons. The van der Waals surface area contributed by atoms with Crippen LogP contribution in [0, 0.1) is 11.7 Å². The van der Waals surface area contributed by atoms with E-state index < -0.39 is 11.5 Å². The zero-order valence-corrected chi connectivity index (χ0v) is 11.9. The second kappa shape index (κ2) is 6.15. The minimum Gasteiger partial charge on any atom is -0.391 e. The van der Waals surface area contributed by atoms with Crippen LogP contribution in [-0.2, 0) is 10.2 Å². The third kappa shape index (κ3) is 4.03. The van der Waals surface area contributed by atoms with E-state index in [1.807, 2.05) is 13.8 Å². The topological polar surface area (TPSA) is 49.3 Å². The van der Waals surface area contributed by atoms with Crippen LogP contribution in [0.15, 0.2) is 24.3 Å². The van der Waals surface area contributed by atoms with Crippen LogP contribution < -0.4 is 5.32 Å². The molecule has 1 aromatic carbocycles. The van der Waals surface area contributed by atoms with E-state index >= 15 is 0 Å².